The molecule has 1 amide bonds. The van der Waals surface area contributed by atoms with Crippen molar-refractivity contribution in [3.63, 3.8) is 0 Å². The number of hydrogen-bond donors (Lipinski definition) is 4. The van der Waals surface area contributed by atoms with E-state index in [1.165, 1.54) is 14.0 Å². The Labute approximate surface area is 211 Å². The highest BCUT2D eigenvalue weighted by Gasteiger charge is 2.50. The molecule has 2 rings (SSSR count). The summed E-state index contributed by atoms with van der Waals surface area (Å²) >= 11 is 0. The van der Waals surface area contributed by atoms with E-state index >= 15 is 0 Å². The molecule has 36 heavy (non-hydrogen) atoms. The summed E-state index contributed by atoms with van der Waals surface area (Å²) in [5, 5.41) is 32.8. The second kappa shape index (κ2) is 15.5. The number of ether oxygens (including phenoxy) is 7. The van der Waals surface area contributed by atoms with Crippen molar-refractivity contribution in [1.29, 1.82) is 0 Å². The SMILES string of the molecule is C=CCO[C@@H]1[C@@H](OCC=C)[C@@H](OC)O[C@H](CO[C@H]2O[C@H](CO)[C@H](O)[C@H](O)[C@H]2NC(C)=O)[C@H]1OCC=C. The van der Waals surface area contributed by atoms with E-state index in [1.807, 2.05) is 0 Å². The average molecular weight is 518 g/mol. The number of hydrogen-bond acceptors (Lipinski definition) is 11. The molecule has 2 saturated heterocycles. The van der Waals surface area contributed by atoms with Gasteiger partial charge in [0.1, 0.15) is 48.8 Å². The number of aliphatic hydroxyl groups excluding tert-OH is 3. The maximum absolute atomic E-state index is 11.7. The van der Waals surface area contributed by atoms with E-state index in [2.05, 4.69) is 25.1 Å². The molecule has 12 heteroatoms. The van der Waals surface area contributed by atoms with E-state index in [0.717, 1.165) is 0 Å². The first-order chi connectivity index (χ1) is 17.3. The molecule has 2 aliphatic heterocycles. The van der Waals surface area contributed by atoms with Crippen molar-refractivity contribution in [2.45, 2.75) is 68.3 Å². The molecule has 0 radical (unpaired) electrons. The largest absolute Gasteiger partial charge is 0.394 e. The molecule has 0 unspecified atom stereocenters. The predicted octanol–water partition coefficient (Wildman–Crippen LogP) is -0.968. The Bertz CT molecular complexity index is 708. The van der Waals surface area contributed by atoms with Crippen LogP contribution in [-0.2, 0) is 38.0 Å². The van der Waals surface area contributed by atoms with Crippen LogP contribution in [0.4, 0.5) is 0 Å². The predicted molar refractivity (Wildman–Crippen MR) is 127 cm³/mol. The van der Waals surface area contributed by atoms with Crippen LogP contribution in [0, 0.1) is 0 Å². The van der Waals surface area contributed by atoms with Gasteiger partial charge in [-0.3, -0.25) is 4.79 Å². The third-order valence-electron chi connectivity index (χ3n) is 5.72. The lowest BCUT2D eigenvalue weighted by atomic mass is 9.96. The summed E-state index contributed by atoms with van der Waals surface area (Å²) in [6.07, 6.45) is -4.13. The number of carbonyl (C=O) groups excluding carboxylic acids is 1. The highest BCUT2D eigenvalue weighted by Crippen LogP contribution is 2.30. The first kappa shape index (κ1) is 30.5. The molecule has 2 aliphatic rings. The molecule has 4 N–H and O–H groups in total. The van der Waals surface area contributed by atoms with Crippen molar-refractivity contribution >= 4 is 5.91 Å². The molecular weight excluding hydrogens is 478 g/mol. The number of methoxy groups -OCH3 is 1. The van der Waals surface area contributed by atoms with Gasteiger partial charge in [0.15, 0.2) is 12.6 Å². The molecule has 0 aromatic heterocycles. The molecule has 12 nitrogen and oxygen atoms in total. The molecule has 0 saturated carbocycles. The van der Waals surface area contributed by atoms with Gasteiger partial charge in [0, 0.05) is 14.0 Å². The molecule has 2 fully saturated rings. The van der Waals surface area contributed by atoms with Gasteiger partial charge in [-0.2, -0.15) is 0 Å². The third kappa shape index (κ3) is 7.89. The van der Waals surface area contributed by atoms with E-state index in [0.29, 0.717) is 0 Å². The second-order valence-corrected chi connectivity index (χ2v) is 8.30. The van der Waals surface area contributed by atoms with E-state index < -0.39 is 73.9 Å². The minimum atomic E-state index is -1.45. The van der Waals surface area contributed by atoms with Crippen LogP contribution in [0.15, 0.2) is 38.0 Å². The van der Waals surface area contributed by atoms with Crippen molar-refractivity contribution in [1.82, 2.24) is 5.32 Å². The molecule has 2 heterocycles. The normalized spacial score (nSPS) is 36.7. The molecular formula is C24H39NO11. The van der Waals surface area contributed by atoms with Crippen molar-refractivity contribution in [3.8, 4) is 0 Å². The maximum Gasteiger partial charge on any atom is 0.217 e. The lowest BCUT2D eigenvalue weighted by Gasteiger charge is -2.46. The fourth-order valence-electron chi connectivity index (χ4n) is 4.11. The van der Waals surface area contributed by atoms with E-state index in [4.69, 9.17) is 33.2 Å². The van der Waals surface area contributed by atoms with Crippen LogP contribution < -0.4 is 5.32 Å². The Morgan fingerprint density at radius 3 is 1.94 bits per heavy atom. The topological polar surface area (TPSA) is 154 Å². The van der Waals surface area contributed by atoms with Gasteiger partial charge in [0.25, 0.3) is 0 Å². The van der Waals surface area contributed by atoms with E-state index in [-0.39, 0.29) is 26.4 Å². The quantitative estimate of drug-likeness (QED) is 0.198. The van der Waals surface area contributed by atoms with E-state index in [1.54, 1.807) is 18.2 Å². The van der Waals surface area contributed by atoms with Gasteiger partial charge in [0.05, 0.1) is 33.0 Å². The molecule has 0 aliphatic carbocycles. The number of rotatable bonds is 15. The zero-order valence-corrected chi connectivity index (χ0v) is 20.8. The lowest BCUT2D eigenvalue weighted by Crippen LogP contribution is -2.65. The summed E-state index contributed by atoms with van der Waals surface area (Å²) in [7, 11) is 1.46. The number of aliphatic hydroxyl groups is 3. The first-order valence-electron chi connectivity index (χ1n) is 11.7. The fraction of sp³-hybridized carbons (Fsp3) is 0.708. The van der Waals surface area contributed by atoms with Crippen LogP contribution in [0.25, 0.3) is 0 Å². The third-order valence-corrected chi connectivity index (χ3v) is 5.72. The molecule has 0 aromatic carbocycles. The van der Waals surface area contributed by atoms with Crippen molar-refractivity contribution in [3.05, 3.63) is 38.0 Å². The van der Waals surface area contributed by atoms with Crippen molar-refractivity contribution in [2.24, 2.45) is 0 Å². The van der Waals surface area contributed by atoms with Gasteiger partial charge in [-0.25, -0.2) is 0 Å². The molecule has 0 spiro atoms. The fourth-order valence-corrected chi connectivity index (χ4v) is 4.11. The Morgan fingerprint density at radius 1 is 0.861 bits per heavy atom. The lowest BCUT2D eigenvalue weighted by molar-refractivity contribution is -0.328. The zero-order valence-electron chi connectivity index (χ0n) is 20.8. The zero-order chi connectivity index (χ0) is 26.7. The Hall–Kier alpha value is -1.71. The van der Waals surface area contributed by atoms with Gasteiger partial charge in [-0.1, -0.05) is 18.2 Å². The first-order valence-corrected chi connectivity index (χ1v) is 11.7. The van der Waals surface area contributed by atoms with Crippen LogP contribution in [0.5, 0.6) is 0 Å². The Balaban J connectivity index is 2.27. The number of nitrogens with one attached hydrogen (secondary N) is 1. The summed E-state index contributed by atoms with van der Waals surface area (Å²) in [6.45, 7) is 12.2. The summed E-state index contributed by atoms with van der Waals surface area (Å²) in [5.74, 6) is -0.466. The average Bonchev–Trinajstić information content (AvgIpc) is 2.87. The van der Waals surface area contributed by atoms with Gasteiger partial charge in [-0.05, 0) is 0 Å². The minimum absolute atomic E-state index is 0.147. The maximum atomic E-state index is 11.7. The summed E-state index contributed by atoms with van der Waals surface area (Å²) in [6, 6.07) is -1.11. The monoisotopic (exact) mass is 517 g/mol. The highest BCUT2D eigenvalue weighted by molar-refractivity contribution is 5.73. The van der Waals surface area contributed by atoms with Crippen molar-refractivity contribution in [2.75, 3.05) is 40.1 Å². The minimum Gasteiger partial charge on any atom is -0.394 e. The van der Waals surface area contributed by atoms with Gasteiger partial charge in [-0.15, -0.1) is 19.7 Å². The molecule has 0 aromatic rings. The van der Waals surface area contributed by atoms with Gasteiger partial charge < -0.3 is 53.8 Å². The van der Waals surface area contributed by atoms with Crippen LogP contribution in [0.3, 0.4) is 0 Å². The second-order valence-electron chi connectivity index (χ2n) is 8.30. The summed E-state index contributed by atoms with van der Waals surface area (Å²) < 4.78 is 41.0. The Morgan fingerprint density at radius 2 is 1.42 bits per heavy atom. The molecule has 10 atom stereocenters. The van der Waals surface area contributed by atoms with Gasteiger partial charge in [0.2, 0.25) is 5.91 Å². The summed E-state index contributed by atoms with van der Waals surface area (Å²) in [4.78, 5) is 11.7. The van der Waals surface area contributed by atoms with Crippen LogP contribution in [-0.4, -0.2) is 123 Å². The highest BCUT2D eigenvalue weighted by atomic mass is 16.7. The van der Waals surface area contributed by atoms with E-state index in [9.17, 15) is 20.1 Å². The molecule has 0 bridgehead atoms. The number of amides is 1. The standard InChI is InChI=1S/C24H39NO11/c1-6-9-31-20-16(36-24(30-5)22(33-11-8-3)21(20)32-10-7-2)13-34-23-17(25-14(4)27)19(29)18(28)15(12-26)35-23/h6-8,15-24,26,28-29H,1-3,9-13H2,4-5H3,(H,25,27)/t15-,16-,17-,18+,19-,20-,21+,22-,23+,24+/m1/s1. The van der Waals surface area contributed by atoms with Crippen molar-refractivity contribution < 1.29 is 53.3 Å². The summed E-state index contributed by atoms with van der Waals surface area (Å²) in [5.41, 5.74) is 0. The van der Waals surface area contributed by atoms with Crippen LogP contribution >= 0.6 is 0 Å². The van der Waals surface area contributed by atoms with Crippen LogP contribution in [0.2, 0.25) is 0 Å². The van der Waals surface area contributed by atoms with Gasteiger partial charge >= 0.3 is 0 Å². The Kier molecular flexibility index (Phi) is 13.2. The smallest absolute Gasteiger partial charge is 0.217 e. The molecule has 206 valence electrons. The number of carbonyl (C=O) groups is 1. The van der Waals surface area contributed by atoms with Crippen LogP contribution in [0.1, 0.15) is 6.92 Å².